The fraction of sp³-hybridized carbons (Fsp3) is 0.217. The zero-order valence-electron chi connectivity index (χ0n) is 14.9. The third kappa shape index (κ3) is 6.54. The summed E-state index contributed by atoms with van der Waals surface area (Å²) < 4.78 is 11.6. The van der Waals surface area contributed by atoms with Crippen molar-refractivity contribution < 1.29 is 9.47 Å². The molecule has 2 nitrogen and oxygen atoms in total. The van der Waals surface area contributed by atoms with Gasteiger partial charge in [-0.2, -0.15) is 0 Å². The van der Waals surface area contributed by atoms with E-state index in [0.29, 0.717) is 26.4 Å². The molecule has 0 atom stereocenters. The molecule has 0 aliphatic heterocycles. The third-order valence-corrected chi connectivity index (χ3v) is 3.92. The Hall–Kier alpha value is -2.42. The van der Waals surface area contributed by atoms with Crippen LogP contribution < -0.4 is 0 Å². The zero-order valence-corrected chi connectivity index (χ0v) is 14.9. The molecule has 0 bridgehead atoms. The molecule has 2 heteroatoms. The van der Waals surface area contributed by atoms with Crippen LogP contribution in [0.15, 0.2) is 73.3 Å². The number of hydrogen-bond donors (Lipinski definition) is 0. The van der Waals surface area contributed by atoms with Crippen molar-refractivity contribution in [2.24, 2.45) is 0 Å². The fourth-order valence-electron chi connectivity index (χ4n) is 2.37. The maximum atomic E-state index is 5.81. The monoisotopic (exact) mass is 334 g/mol. The summed E-state index contributed by atoms with van der Waals surface area (Å²) in [6.07, 6.45) is 5.74. The summed E-state index contributed by atoms with van der Waals surface area (Å²) in [5.41, 5.74) is 5.67. The van der Waals surface area contributed by atoms with E-state index in [2.05, 4.69) is 43.5 Å². The summed E-state index contributed by atoms with van der Waals surface area (Å²) in [6, 6.07) is 16.4. The van der Waals surface area contributed by atoms with Gasteiger partial charge in [0.25, 0.3) is 0 Å². The Bertz CT molecular complexity index is 711. The van der Waals surface area contributed by atoms with E-state index in [1.165, 1.54) is 0 Å². The molecule has 0 aliphatic rings. The number of hydrogen-bond acceptors (Lipinski definition) is 2. The van der Waals surface area contributed by atoms with Crippen LogP contribution in [0.4, 0.5) is 0 Å². The summed E-state index contributed by atoms with van der Waals surface area (Å²) >= 11 is 0. The minimum atomic E-state index is 0.574. The van der Waals surface area contributed by atoms with Crippen molar-refractivity contribution in [3.05, 3.63) is 95.6 Å². The lowest BCUT2D eigenvalue weighted by molar-refractivity contribution is 0.105. The standard InChI is InChI=1S/C23H26O2/c1-4-19-10-12-22(13-11-19)17-24-15-21(6-3)16-25-18-23-9-7-8-20(5-2)14-23/h4-14H,1-2,15-18H2,3H3. The van der Waals surface area contributed by atoms with E-state index in [1.54, 1.807) is 0 Å². The first kappa shape index (κ1) is 18.9. The average molecular weight is 334 g/mol. The first-order valence-electron chi connectivity index (χ1n) is 8.47. The predicted molar refractivity (Wildman–Crippen MR) is 106 cm³/mol. The molecule has 0 saturated heterocycles. The van der Waals surface area contributed by atoms with Gasteiger partial charge in [0.2, 0.25) is 0 Å². The number of rotatable bonds is 10. The van der Waals surface area contributed by atoms with Gasteiger partial charge in [-0.3, -0.25) is 0 Å². The van der Waals surface area contributed by atoms with Gasteiger partial charge in [-0.1, -0.05) is 73.9 Å². The number of allylic oxidation sites excluding steroid dienone is 1. The van der Waals surface area contributed by atoms with Crippen molar-refractivity contribution in [1.82, 2.24) is 0 Å². The van der Waals surface area contributed by atoms with Gasteiger partial charge in [0.15, 0.2) is 0 Å². The summed E-state index contributed by atoms with van der Waals surface area (Å²) in [5.74, 6) is 0. The summed E-state index contributed by atoms with van der Waals surface area (Å²) in [7, 11) is 0. The first-order chi connectivity index (χ1) is 12.2. The second-order valence-corrected chi connectivity index (χ2v) is 5.83. The van der Waals surface area contributed by atoms with Crippen molar-refractivity contribution >= 4 is 12.2 Å². The lowest BCUT2D eigenvalue weighted by atomic mass is 10.1. The van der Waals surface area contributed by atoms with Crippen LogP contribution in [0, 0.1) is 0 Å². The molecule has 0 aliphatic carbocycles. The Balaban J connectivity index is 1.72. The van der Waals surface area contributed by atoms with Crippen molar-refractivity contribution in [2.45, 2.75) is 20.1 Å². The molecule has 25 heavy (non-hydrogen) atoms. The van der Waals surface area contributed by atoms with Crippen LogP contribution in [-0.4, -0.2) is 13.2 Å². The van der Waals surface area contributed by atoms with E-state index in [9.17, 15) is 0 Å². The average Bonchev–Trinajstić information content (AvgIpc) is 2.67. The van der Waals surface area contributed by atoms with Gasteiger partial charge in [-0.05, 0) is 40.8 Å². The van der Waals surface area contributed by atoms with E-state index in [4.69, 9.17) is 9.47 Å². The topological polar surface area (TPSA) is 18.5 Å². The van der Waals surface area contributed by atoms with Crippen molar-refractivity contribution in [1.29, 1.82) is 0 Å². The maximum absolute atomic E-state index is 5.81. The Morgan fingerprint density at radius 3 is 2.08 bits per heavy atom. The highest BCUT2D eigenvalue weighted by molar-refractivity contribution is 5.48. The molecule has 0 fully saturated rings. The second-order valence-electron chi connectivity index (χ2n) is 5.83. The normalized spacial score (nSPS) is 11.3. The smallest absolute Gasteiger partial charge is 0.0721 e. The van der Waals surface area contributed by atoms with E-state index in [-0.39, 0.29) is 0 Å². The highest BCUT2D eigenvalue weighted by Crippen LogP contribution is 2.10. The molecule has 0 aromatic heterocycles. The molecule has 0 heterocycles. The minimum Gasteiger partial charge on any atom is -0.372 e. The molecule has 2 aromatic carbocycles. The second kappa shape index (κ2) is 10.4. The first-order valence-corrected chi connectivity index (χ1v) is 8.47. The molecular formula is C23H26O2. The van der Waals surface area contributed by atoms with E-state index >= 15 is 0 Å². The van der Waals surface area contributed by atoms with Crippen LogP contribution in [-0.2, 0) is 22.7 Å². The predicted octanol–water partition coefficient (Wildman–Crippen LogP) is 5.65. The highest BCUT2D eigenvalue weighted by Gasteiger charge is 2.00. The van der Waals surface area contributed by atoms with Gasteiger partial charge in [0.05, 0.1) is 26.4 Å². The Kier molecular flexibility index (Phi) is 7.90. The molecule has 0 radical (unpaired) electrons. The number of benzene rings is 2. The zero-order chi connectivity index (χ0) is 17.9. The summed E-state index contributed by atoms with van der Waals surface area (Å²) in [5, 5.41) is 0. The summed E-state index contributed by atoms with van der Waals surface area (Å²) in [4.78, 5) is 0. The van der Waals surface area contributed by atoms with Gasteiger partial charge in [-0.25, -0.2) is 0 Å². The number of ether oxygens (including phenoxy) is 2. The molecule has 0 amide bonds. The van der Waals surface area contributed by atoms with Gasteiger partial charge in [-0.15, -0.1) is 0 Å². The van der Waals surface area contributed by atoms with Gasteiger partial charge in [0, 0.05) is 0 Å². The van der Waals surface area contributed by atoms with Crippen molar-refractivity contribution in [3.63, 3.8) is 0 Å². The van der Waals surface area contributed by atoms with Crippen molar-refractivity contribution in [2.75, 3.05) is 13.2 Å². The van der Waals surface area contributed by atoms with Crippen LogP contribution in [0.2, 0.25) is 0 Å². The Labute approximate surface area is 151 Å². The highest BCUT2D eigenvalue weighted by atomic mass is 16.5. The third-order valence-electron chi connectivity index (χ3n) is 3.92. The molecule has 0 N–H and O–H groups in total. The Morgan fingerprint density at radius 2 is 1.48 bits per heavy atom. The van der Waals surface area contributed by atoms with Gasteiger partial charge < -0.3 is 9.47 Å². The molecule has 0 saturated carbocycles. The molecule has 0 unspecified atom stereocenters. The molecular weight excluding hydrogens is 308 g/mol. The molecule has 2 rings (SSSR count). The lowest BCUT2D eigenvalue weighted by Crippen LogP contribution is -2.06. The molecule has 2 aromatic rings. The van der Waals surface area contributed by atoms with Crippen LogP contribution in [0.1, 0.15) is 29.2 Å². The van der Waals surface area contributed by atoms with Crippen LogP contribution >= 0.6 is 0 Å². The van der Waals surface area contributed by atoms with E-state index in [0.717, 1.165) is 27.8 Å². The summed E-state index contributed by atoms with van der Waals surface area (Å²) in [6.45, 7) is 11.9. The van der Waals surface area contributed by atoms with Crippen LogP contribution in [0.5, 0.6) is 0 Å². The molecule has 0 spiro atoms. The van der Waals surface area contributed by atoms with E-state index in [1.807, 2.05) is 43.3 Å². The SMILES string of the molecule is C=Cc1ccc(COCC(=CC)COCc2cccc(C=C)c2)cc1. The fourth-order valence-corrected chi connectivity index (χ4v) is 2.37. The van der Waals surface area contributed by atoms with E-state index < -0.39 is 0 Å². The largest absolute Gasteiger partial charge is 0.372 e. The quantitative estimate of drug-likeness (QED) is 0.523. The maximum Gasteiger partial charge on any atom is 0.0721 e. The molecule has 130 valence electrons. The van der Waals surface area contributed by atoms with Crippen LogP contribution in [0.25, 0.3) is 12.2 Å². The van der Waals surface area contributed by atoms with Gasteiger partial charge in [0.1, 0.15) is 0 Å². The van der Waals surface area contributed by atoms with Crippen molar-refractivity contribution in [3.8, 4) is 0 Å². The Morgan fingerprint density at radius 1 is 0.840 bits per heavy atom. The van der Waals surface area contributed by atoms with Gasteiger partial charge >= 0.3 is 0 Å². The lowest BCUT2D eigenvalue weighted by Gasteiger charge is -2.10. The van der Waals surface area contributed by atoms with Crippen LogP contribution in [0.3, 0.4) is 0 Å². The minimum absolute atomic E-state index is 0.574.